The predicted octanol–water partition coefficient (Wildman–Crippen LogP) is 3.69. The van der Waals surface area contributed by atoms with Crippen molar-refractivity contribution in [2.24, 2.45) is 5.41 Å². The van der Waals surface area contributed by atoms with Crippen molar-refractivity contribution >= 4 is 15.9 Å². The van der Waals surface area contributed by atoms with Gasteiger partial charge in [0, 0.05) is 29.1 Å². The van der Waals surface area contributed by atoms with E-state index >= 15 is 0 Å². The SMILES string of the molecule is CCC(CC)(CO)CNC1CCc2cc(Br)ccc2C1. The summed E-state index contributed by atoms with van der Waals surface area (Å²) in [4.78, 5) is 0. The van der Waals surface area contributed by atoms with Crippen LogP contribution in [0.3, 0.4) is 0 Å². The largest absolute Gasteiger partial charge is 0.396 e. The maximum absolute atomic E-state index is 9.65. The minimum atomic E-state index is 0.0555. The first-order chi connectivity index (χ1) is 9.62. The lowest BCUT2D eigenvalue weighted by molar-refractivity contribution is 0.109. The number of aliphatic hydroxyl groups excluding tert-OH is 1. The number of nitrogens with one attached hydrogen (secondary N) is 1. The van der Waals surface area contributed by atoms with Crippen molar-refractivity contribution in [2.75, 3.05) is 13.2 Å². The second kappa shape index (κ2) is 7.06. The zero-order valence-electron chi connectivity index (χ0n) is 12.6. The quantitative estimate of drug-likeness (QED) is 0.828. The van der Waals surface area contributed by atoms with E-state index in [0.29, 0.717) is 6.04 Å². The van der Waals surface area contributed by atoms with Crippen LogP contribution in [0.15, 0.2) is 22.7 Å². The molecule has 0 aromatic heterocycles. The smallest absolute Gasteiger partial charge is 0.0499 e. The van der Waals surface area contributed by atoms with Crippen LogP contribution in [0.2, 0.25) is 0 Å². The summed E-state index contributed by atoms with van der Waals surface area (Å²) < 4.78 is 1.18. The molecule has 1 aromatic rings. The van der Waals surface area contributed by atoms with E-state index < -0.39 is 0 Å². The van der Waals surface area contributed by atoms with Crippen molar-refractivity contribution in [3.8, 4) is 0 Å². The number of fused-ring (bicyclic) bond motifs is 1. The minimum Gasteiger partial charge on any atom is -0.396 e. The van der Waals surface area contributed by atoms with Gasteiger partial charge in [-0.2, -0.15) is 0 Å². The fourth-order valence-electron chi connectivity index (χ4n) is 3.04. The molecule has 0 saturated carbocycles. The Bertz CT molecular complexity index is 434. The molecule has 0 aliphatic heterocycles. The summed E-state index contributed by atoms with van der Waals surface area (Å²) in [5.41, 5.74) is 3.01. The summed E-state index contributed by atoms with van der Waals surface area (Å²) in [5, 5.41) is 13.3. The fraction of sp³-hybridized carbons (Fsp3) is 0.647. The normalized spacial score (nSPS) is 18.9. The lowest BCUT2D eigenvalue weighted by Gasteiger charge is -2.33. The van der Waals surface area contributed by atoms with Crippen LogP contribution in [0.5, 0.6) is 0 Å². The first kappa shape index (κ1) is 16.0. The van der Waals surface area contributed by atoms with Crippen LogP contribution in [0.4, 0.5) is 0 Å². The van der Waals surface area contributed by atoms with Gasteiger partial charge in [-0.1, -0.05) is 35.8 Å². The van der Waals surface area contributed by atoms with Gasteiger partial charge in [-0.3, -0.25) is 0 Å². The Hall–Kier alpha value is -0.380. The molecule has 0 bridgehead atoms. The van der Waals surface area contributed by atoms with Gasteiger partial charge >= 0.3 is 0 Å². The number of aliphatic hydroxyl groups is 1. The minimum absolute atomic E-state index is 0.0555. The number of aryl methyl sites for hydroxylation is 1. The van der Waals surface area contributed by atoms with Gasteiger partial charge < -0.3 is 10.4 Å². The molecule has 3 heteroatoms. The van der Waals surface area contributed by atoms with Gasteiger partial charge in [-0.25, -0.2) is 0 Å². The monoisotopic (exact) mass is 339 g/mol. The number of hydrogen-bond acceptors (Lipinski definition) is 2. The highest BCUT2D eigenvalue weighted by Gasteiger charge is 2.27. The summed E-state index contributed by atoms with van der Waals surface area (Å²) in [7, 11) is 0. The second-order valence-electron chi connectivity index (χ2n) is 6.10. The third kappa shape index (κ3) is 3.63. The Labute approximate surface area is 131 Å². The molecule has 2 N–H and O–H groups in total. The third-order valence-corrected chi connectivity index (χ3v) is 5.49. The summed E-state index contributed by atoms with van der Waals surface area (Å²) in [6.45, 7) is 5.56. The molecule has 0 amide bonds. The Balaban J connectivity index is 1.95. The zero-order chi connectivity index (χ0) is 14.6. The highest BCUT2D eigenvalue weighted by molar-refractivity contribution is 9.10. The van der Waals surface area contributed by atoms with Crippen molar-refractivity contribution < 1.29 is 5.11 Å². The first-order valence-corrected chi connectivity index (χ1v) is 8.53. The fourth-order valence-corrected chi connectivity index (χ4v) is 3.45. The van der Waals surface area contributed by atoms with Crippen molar-refractivity contribution in [3.63, 3.8) is 0 Å². The van der Waals surface area contributed by atoms with Crippen molar-refractivity contribution in [1.29, 1.82) is 0 Å². The molecule has 0 radical (unpaired) electrons. The molecule has 112 valence electrons. The molecule has 0 heterocycles. The number of hydrogen-bond donors (Lipinski definition) is 2. The third-order valence-electron chi connectivity index (χ3n) is 5.00. The molecule has 1 atom stereocenters. The number of halogens is 1. The molecule has 1 unspecified atom stereocenters. The van der Waals surface area contributed by atoms with Gasteiger partial charge in [0.2, 0.25) is 0 Å². The van der Waals surface area contributed by atoms with Gasteiger partial charge in [0.25, 0.3) is 0 Å². The van der Waals surface area contributed by atoms with E-state index in [9.17, 15) is 5.11 Å². The Morgan fingerprint density at radius 3 is 2.70 bits per heavy atom. The van der Waals surface area contributed by atoms with Crippen molar-refractivity contribution in [3.05, 3.63) is 33.8 Å². The van der Waals surface area contributed by atoms with Crippen LogP contribution in [0, 0.1) is 5.41 Å². The van der Waals surface area contributed by atoms with Crippen molar-refractivity contribution in [2.45, 2.75) is 52.0 Å². The highest BCUT2D eigenvalue weighted by atomic mass is 79.9. The van der Waals surface area contributed by atoms with E-state index in [4.69, 9.17) is 0 Å². The highest BCUT2D eigenvalue weighted by Crippen LogP contribution is 2.27. The van der Waals surface area contributed by atoms with Crippen LogP contribution in [0.1, 0.15) is 44.2 Å². The first-order valence-electron chi connectivity index (χ1n) is 7.74. The molecule has 0 fully saturated rings. The summed E-state index contributed by atoms with van der Waals surface area (Å²) >= 11 is 3.55. The Kier molecular flexibility index (Phi) is 5.65. The summed E-state index contributed by atoms with van der Waals surface area (Å²) in [6, 6.07) is 7.18. The molecule has 0 saturated heterocycles. The molecule has 1 aliphatic rings. The topological polar surface area (TPSA) is 32.3 Å². The van der Waals surface area contributed by atoms with Gasteiger partial charge in [0.1, 0.15) is 0 Å². The predicted molar refractivity (Wildman–Crippen MR) is 88.1 cm³/mol. The van der Waals surface area contributed by atoms with Crippen molar-refractivity contribution in [1.82, 2.24) is 5.32 Å². The molecular formula is C17H26BrNO. The summed E-state index contributed by atoms with van der Waals surface area (Å²) in [6.07, 6.45) is 5.51. The number of benzene rings is 1. The Morgan fingerprint density at radius 1 is 1.30 bits per heavy atom. The second-order valence-corrected chi connectivity index (χ2v) is 7.01. The van der Waals surface area contributed by atoms with E-state index in [1.54, 1.807) is 0 Å². The van der Waals surface area contributed by atoms with Crippen LogP contribution in [-0.4, -0.2) is 24.3 Å². The molecular weight excluding hydrogens is 314 g/mol. The van der Waals surface area contributed by atoms with Gasteiger partial charge in [0.15, 0.2) is 0 Å². The standard InChI is InChI=1S/C17H26BrNO/c1-3-17(4-2,12-20)11-19-16-8-6-13-9-15(18)7-5-14(13)10-16/h5,7,9,16,19-20H,3-4,6,8,10-12H2,1-2H3. The van der Waals surface area contributed by atoms with E-state index in [1.165, 1.54) is 22.0 Å². The van der Waals surface area contributed by atoms with Crippen LogP contribution < -0.4 is 5.32 Å². The van der Waals surface area contributed by atoms with Gasteiger partial charge in [0.05, 0.1) is 0 Å². The van der Waals surface area contributed by atoms with E-state index in [1.807, 2.05) is 0 Å². The molecule has 1 aliphatic carbocycles. The molecule has 1 aromatic carbocycles. The van der Waals surface area contributed by atoms with Gasteiger partial charge in [-0.05, 0) is 55.4 Å². The lowest BCUT2D eigenvalue weighted by atomic mass is 9.82. The van der Waals surface area contributed by atoms with Crippen LogP contribution in [0.25, 0.3) is 0 Å². The zero-order valence-corrected chi connectivity index (χ0v) is 14.2. The molecule has 20 heavy (non-hydrogen) atoms. The van der Waals surface area contributed by atoms with E-state index in [2.05, 4.69) is 53.3 Å². The summed E-state index contributed by atoms with van der Waals surface area (Å²) in [5.74, 6) is 0. The van der Waals surface area contributed by atoms with Crippen LogP contribution >= 0.6 is 15.9 Å². The maximum atomic E-state index is 9.65. The average Bonchev–Trinajstić information content (AvgIpc) is 2.49. The average molecular weight is 340 g/mol. The number of rotatable bonds is 6. The van der Waals surface area contributed by atoms with Gasteiger partial charge in [-0.15, -0.1) is 0 Å². The molecule has 2 rings (SSSR count). The maximum Gasteiger partial charge on any atom is 0.0499 e. The van der Waals surface area contributed by atoms with Crippen LogP contribution in [-0.2, 0) is 12.8 Å². The van der Waals surface area contributed by atoms with E-state index in [-0.39, 0.29) is 12.0 Å². The van der Waals surface area contributed by atoms with E-state index in [0.717, 1.165) is 32.2 Å². The molecule has 0 spiro atoms. The molecule has 2 nitrogen and oxygen atoms in total. The Morgan fingerprint density at radius 2 is 2.05 bits per heavy atom. The lowest BCUT2D eigenvalue weighted by Crippen LogP contribution is -2.43.